The predicted molar refractivity (Wildman–Crippen MR) is 146 cm³/mol. The zero-order valence-electron chi connectivity index (χ0n) is 20.2. The highest BCUT2D eigenvalue weighted by atomic mass is 32.2. The molecule has 0 amide bonds. The third-order valence-electron chi connectivity index (χ3n) is 6.58. The molecule has 0 spiro atoms. The van der Waals surface area contributed by atoms with Crippen LogP contribution in [0.2, 0.25) is 0 Å². The van der Waals surface area contributed by atoms with Crippen LogP contribution in [-0.4, -0.2) is 20.3 Å². The number of carbonyl (C=O) groups is 1. The van der Waals surface area contributed by atoms with E-state index in [1.165, 1.54) is 28.7 Å². The molecule has 1 unspecified atom stereocenters. The van der Waals surface area contributed by atoms with Crippen molar-refractivity contribution < 1.29 is 4.79 Å². The molecule has 178 valence electrons. The molecule has 0 bridgehead atoms. The Kier molecular flexibility index (Phi) is 6.38. The normalized spacial score (nSPS) is 12.5. The van der Waals surface area contributed by atoms with E-state index in [4.69, 9.17) is 4.98 Å². The number of H-pyrrole nitrogens is 1. The Morgan fingerprint density at radius 1 is 1.11 bits per heavy atom. The van der Waals surface area contributed by atoms with Gasteiger partial charge in [0.2, 0.25) is 0 Å². The van der Waals surface area contributed by atoms with Crippen molar-refractivity contribution in [3.8, 4) is 0 Å². The molecule has 1 atom stereocenters. The standard InChI is InChI=1S/C28H27N3O2S2/c1-5-18-13-10-14-20-21(15-29-23(18)20)24(32)25(19-11-8-7-9-12-19)35-28-30-26-22(16(3)17(4)34-26)27(33)31(28)6-2/h7-15,25,29H,5-6H2,1-4H3. The van der Waals surface area contributed by atoms with E-state index in [1.807, 2.05) is 69.4 Å². The minimum Gasteiger partial charge on any atom is -0.360 e. The van der Waals surface area contributed by atoms with E-state index < -0.39 is 5.25 Å². The summed E-state index contributed by atoms with van der Waals surface area (Å²) in [6.07, 6.45) is 2.70. The van der Waals surface area contributed by atoms with Crippen LogP contribution in [0.25, 0.3) is 21.1 Å². The molecular formula is C28H27N3O2S2. The minimum atomic E-state index is -0.537. The Labute approximate surface area is 212 Å². The Morgan fingerprint density at radius 3 is 2.60 bits per heavy atom. The second-order valence-electron chi connectivity index (χ2n) is 8.58. The second kappa shape index (κ2) is 9.47. The van der Waals surface area contributed by atoms with E-state index in [1.54, 1.807) is 4.57 Å². The number of hydrogen-bond donors (Lipinski definition) is 1. The van der Waals surface area contributed by atoms with Crippen LogP contribution in [0.3, 0.4) is 0 Å². The lowest BCUT2D eigenvalue weighted by molar-refractivity contribution is 0.0991. The van der Waals surface area contributed by atoms with Gasteiger partial charge in [-0.25, -0.2) is 4.98 Å². The van der Waals surface area contributed by atoms with Gasteiger partial charge >= 0.3 is 0 Å². The lowest BCUT2D eigenvalue weighted by atomic mass is 10.0. The van der Waals surface area contributed by atoms with E-state index >= 15 is 0 Å². The Morgan fingerprint density at radius 2 is 1.89 bits per heavy atom. The van der Waals surface area contributed by atoms with Crippen LogP contribution < -0.4 is 5.56 Å². The smallest absolute Gasteiger partial charge is 0.263 e. The van der Waals surface area contributed by atoms with Crippen molar-refractivity contribution in [3.63, 3.8) is 0 Å². The van der Waals surface area contributed by atoms with Crippen molar-refractivity contribution in [2.75, 3.05) is 0 Å². The topological polar surface area (TPSA) is 67.8 Å². The Hall–Kier alpha value is -3.16. The first-order chi connectivity index (χ1) is 16.9. The zero-order chi connectivity index (χ0) is 24.7. The first-order valence-corrected chi connectivity index (χ1v) is 13.5. The number of hydrogen-bond acceptors (Lipinski definition) is 5. The Balaban J connectivity index is 1.65. The fourth-order valence-electron chi connectivity index (χ4n) is 4.54. The summed E-state index contributed by atoms with van der Waals surface area (Å²) in [5.74, 6) is -0.00348. The average Bonchev–Trinajstić information content (AvgIpc) is 3.43. The van der Waals surface area contributed by atoms with Gasteiger partial charge in [0.25, 0.3) is 5.56 Å². The molecule has 0 aliphatic carbocycles. The molecule has 5 rings (SSSR count). The lowest BCUT2D eigenvalue weighted by Crippen LogP contribution is -2.23. The van der Waals surface area contributed by atoms with Crippen molar-refractivity contribution in [1.29, 1.82) is 0 Å². The fourth-order valence-corrected chi connectivity index (χ4v) is 6.84. The molecule has 5 aromatic rings. The summed E-state index contributed by atoms with van der Waals surface area (Å²) in [6.45, 7) is 8.53. The number of nitrogens with zero attached hydrogens (tertiary/aromatic N) is 2. The molecule has 1 N–H and O–H groups in total. The number of para-hydroxylation sites is 1. The number of thioether (sulfide) groups is 1. The molecule has 0 fully saturated rings. The van der Waals surface area contributed by atoms with Gasteiger partial charge in [-0.15, -0.1) is 11.3 Å². The minimum absolute atomic E-state index is 0.00348. The number of aromatic nitrogens is 3. The Bertz CT molecular complexity index is 1610. The van der Waals surface area contributed by atoms with Crippen molar-refractivity contribution in [2.24, 2.45) is 0 Å². The molecule has 3 aromatic heterocycles. The first kappa shape index (κ1) is 23.6. The van der Waals surface area contributed by atoms with Crippen LogP contribution in [0.4, 0.5) is 0 Å². The molecule has 0 aliphatic rings. The molecule has 0 saturated carbocycles. The molecular weight excluding hydrogens is 474 g/mol. The van der Waals surface area contributed by atoms with Crippen LogP contribution in [0.1, 0.15) is 51.0 Å². The number of fused-ring (bicyclic) bond motifs is 2. The van der Waals surface area contributed by atoms with Crippen LogP contribution in [0, 0.1) is 13.8 Å². The van der Waals surface area contributed by atoms with E-state index in [9.17, 15) is 9.59 Å². The third-order valence-corrected chi connectivity index (χ3v) is 8.93. The molecule has 3 heterocycles. The van der Waals surface area contributed by atoms with E-state index in [-0.39, 0.29) is 11.3 Å². The van der Waals surface area contributed by atoms with Gasteiger partial charge < -0.3 is 4.98 Å². The average molecular weight is 502 g/mol. The van der Waals surface area contributed by atoms with Gasteiger partial charge in [-0.2, -0.15) is 0 Å². The highest BCUT2D eigenvalue weighted by Crippen LogP contribution is 2.39. The van der Waals surface area contributed by atoms with Crippen molar-refractivity contribution in [1.82, 2.24) is 14.5 Å². The summed E-state index contributed by atoms with van der Waals surface area (Å²) in [5.41, 5.74) is 4.68. The summed E-state index contributed by atoms with van der Waals surface area (Å²) >= 11 is 2.89. The maximum Gasteiger partial charge on any atom is 0.263 e. The highest BCUT2D eigenvalue weighted by molar-refractivity contribution is 8.00. The van der Waals surface area contributed by atoms with E-state index in [0.29, 0.717) is 22.7 Å². The molecule has 7 heteroatoms. The fraction of sp³-hybridized carbons (Fsp3) is 0.250. The third kappa shape index (κ3) is 4.02. The van der Waals surface area contributed by atoms with E-state index in [0.717, 1.165) is 38.2 Å². The summed E-state index contributed by atoms with van der Waals surface area (Å²) in [5, 5.41) is 1.65. The second-order valence-corrected chi connectivity index (χ2v) is 10.9. The number of aromatic amines is 1. The number of ketones is 1. The maximum absolute atomic E-state index is 14.1. The summed E-state index contributed by atoms with van der Waals surface area (Å²) in [4.78, 5) is 37.5. The summed E-state index contributed by atoms with van der Waals surface area (Å²) in [6, 6.07) is 15.8. The number of nitrogens with one attached hydrogen (secondary N) is 1. The zero-order valence-corrected chi connectivity index (χ0v) is 21.8. The van der Waals surface area contributed by atoms with Gasteiger partial charge in [-0.3, -0.25) is 14.2 Å². The number of aryl methyl sites for hydroxylation is 3. The van der Waals surface area contributed by atoms with Gasteiger partial charge in [0, 0.05) is 34.1 Å². The van der Waals surface area contributed by atoms with Gasteiger partial charge in [-0.1, -0.05) is 67.2 Å². The number of benzene rings is 2. The monoisotopic (exact) mass is 501 g/mol. The van der Waals surface area contributed by atoms with Crippen LogP contribution in [0.5, 0.6) is 0 Å². The van der Waals surface area contributed by atoms with Crippen LogP contribution in [0.15, 0.2) is 64.7 Å². The molecule has 35 heavy (non-hydrogen) atoms. The number of Topliss-reactive ketones (excluding diaryl/α,β-unsaturated/α-hetero) is 1. The van der Waals surface area contributed by atoms with Crippen molar-refractivity contribution >= 4 is 50.0 Å². The van der Waals surface area contributed by atoms with Crippen LogP contribution in [-0.2, 0) is 13.0 Å². The van der Waals surface area contributed by atoms with Crippen LogP contribution >= 0.6 is 23.1 Å². The van der Waals surface area contributed by atoms with Crippen molar-refractivity contribution in [2.45, 2.75) is 51.1 Å². The van der Waals surface area contributed by atoms with Crippen molar-refractivity contribution in [3.05, 3.63) is 92.2 Å². The molecule has 0 saturated heterocycles. The van der Waals surface area contributed by atoms with Gasteiger partial charge in [0.1, 0.15) is 10.1 Å². The number of thiophene rings is 1. The molecule has 5 nitrogen and oxygen atoms in total. The number of carbonyl (C=O) groups excluding carboxylic acids is 1. The van der Waals surface area contributed by atoms with Gasteiger partial charge in [0.05, 0.1) is 5.39 Å². The quantitative estimate of drug-likeness (QED) is 0.150. The largest absolute Gasteiger partial charge is 0.360 e. The van der Waals surface area contributed by atoms with Gasteiger partial charge in [0.15, 0.2) is 10.9 Å². The molecule has 0 aliphatic heterocycles. The SMILES string of the molecule is CCc1cccc2c(C(=O)C(Sc3nc4sc(C)c(C)c4c(=O)n3CC)c3ccccc3)c[nH]c12. The predicted octanol–water partition coefficient (Wildman–Crippen LogP) is 6.85. The van der Waals surface area contributed by atoms with Gasteiger partial charge in [-0.05, 0) is 43.9 Å². The van der Waals surface area contributed by atoms with E-state index in [2.05, 4.69) is 18.0 Å². The lowest BCUT2D eigenvalue weighted by Gasteiger charge is -2.18. The number of rotatable bonds is 7. The first-order valence-electron chi connectivity index (χ1n) is 11.8. The maximum atomic E-state index is 14.1. The summed E-state index contributed by atoms with van der Waals surface area (Å²) < 4.78 is 1.69. The highest BCUT2D eigenvalue weighted by Gasteiger charge is 2.28. The molecule has 2 aromatic carbocycles. The summed E-state index contributed by atoms with van der Waals surface area (Å²) in [7, 11) is 0. The molecule has 0 radical (unpaired) electrons.